The van der Waals surface area contributed by atoms with E-state index in [1.54, 1.807) is 24.3 Å². The van der Waals surface area contributed by atoms with Gasteiger partial charge in [-0.25, -0.2) is 0 Å². The highest BCUT2D eigenvalue weighted by Gasteiger charge is 2.21. The third-order valence-electron chi connectivity index (χ3n) is 6.35. The molecule has 5 nitrogen and oxygen atoms in total. The maximum Gasteiger partial charge on any atom is 0.193 e. The molecule has 3 aromatic carbocycles. The Hall–Kier alpha value is -3.15. The number of hydrogen-bond donors (Lipinski definition) is 1. The summed E-state index contributed by atoms with van der Waals surface area (Å²) < 4.78 is 5.77. The zero-order chi connectivity index (χ0) is 23.2. The first-order valence-electron chi connectivity index (χ1n) is 11.6. The first kappa shape index (κ1) is 23.0. The minimum Gasteiger partial charge on any atom is -0.491 e. The molecule has 0 bridgehead atoms. The van der Waals surface area contributed by atoms with Crippen molar-refractivity contribution in [2.75, 3.05) is 44.2 Å². The summed E-state index contributed by atoms with van der Waals surface area (Å²) in [5, 5.41) is 10.5. The van der Waals surface area contributed by atoms with Crippen LogP contribution in [0.4, 0.5) is 5.69 Å². The van der Waals surface area contributed by atoms with Gasteiger partial charge in [-0.2, -0.15) is 0 Å². The van der Waals surface area contributed by atoms with E-state index < -0.39 is 6.10 Å². The molecule has 1 heterocycles. The van der Waals surface area contributed by atoms with Crippen LogP contribution in [0.5, 0.6) is 5.75 Å². The molecular formula is C28H32N2O3. The van der Waals surface area contributed by atoms with Crippen molar-refractivity contribution in [3.05, 3.63) is 95.1 Å². The monoisotopic (exact) mass is 444 g/mol. The van der Waals surface area contributed by atoms with Gasteiger partial charge < -0.3 is 14.7 Å². The second-order valence-corrected chi connectivity index (χ2v) is 8.69. The fourth-order valence-electron chi connectivity index (χ4n) is 4.25. The molecule has 172 valence electrons. The number of hydrogen-bond acceptors (Lipinski definition) is 5. The van der Waals surface area contributed by atoms with E-state index in [2.05, 4.69) is 41.8 Å². The first-order chi connectivity index (χ1) is 16.0. The van der Waals surface area contributed by atoms with E-state index in [9.17, 15) is 9.90 Å². The molecule has 1 atom stereocenters. The quantitative estimate of drug-likeness (QED) is 0.530. The number of benzene rings is 3. The van der Waals surface area contributed by atoms with Crippen LogP contribution in [0, 0.1) is 13.8 Å². The van der Waals surface area contributed by atoms with Gasteiger partial charge in [-0.1, -0.05) is 42.5 Å². The van der Waals surface area contributed by atoms with Crippen molar-refractivity contribution >= 4 is 11.5 Å². The number of piperazine rings is 1. The Morgan fingerprint density at radius 2 is 1.55 bits per heavy atom. The lowest BCUT2D eigenvalue weighted by Gasteiger charge is -2.37. The molecule has 4 rings (SSSR count). The second kappa shape index (κ2) is 10.6. The molecule has 1 N–H and O–H groups in total. The predicted octanol–water partition coefficient (Wildman–Crippen LogP) is 4.10. The molecule has 0 aliphatic carbocycles. The normalized spacial score (nSPS) is 15.3. The molecule has 33 heavy (non-hydrogen) atoms. The van der Waals surface area contributed by atoms with Gasteiger partial charge in [0.2, 0.25) is 0 Å². The molecule has 0 radical (unpaired) electrons. The van der Waals surface area contributed by atoms with Crippen LogP contribution < -0.4 is 9.64 Å². The van der Waals surface area contributed by atoms with Gasteiger partial charge in [-0.3, -0.25) is 9.69 Å². The maximum absolute atomic E-state index is 12.5. The fraction of sp³-hybridized carbons (Fsp3) is 0.321. The van der Waals surface area contributed by atoms with Crippen molar-refractivity contribution in [1.29, 1.82) is 0 Å². The standard InChI is InChI=1S/C28H32N2O3/c1-21-7-6-10-27(22(21)2)30-17-15-29(16-18-30)19-25(31)20-33-26-13-11-24(12-14-26)28(32)23-8-4-3-5-9-23/h3-14,25,31H,15-20H2,1-2H3/t25-/m0/s1. The van der Waals surface area contributed by atoms with E-state index in [0.29, 0.717) is 23.4 Å². The Labute approximate surface area is 196 Å². The summed E-state index contributed by atoms with van der Waals surface area (Å²) in [7, 11) is 0. The summed E-state index contributed by atoms with van der Waals surface area (Å²) in [6.45, 7) is 8.89. The number of nitrogens with zero attached hydrogens (tertiary/aromatic N) is 2. The average Bonchev–Trinajstić information content (AvgIpc) is 2.85. The van der Waals surface area contributed by atoms with Crippen molar-refractivity contribution in [2.24, 2.45) is 0 Å². The molecule has 0 amide bonds. The first-order valence-corrected chi connectivity index (χ1v) is 11.6. The molecular weight excluding hydrogens is 412 g/mol. The number of rotatable bonds is 8. The zero-order valence-corrected chi connectivity index (χ0v) is 19.4. The van der Waals surface area contributed by atoms with Gasteiger partial charge in [0, 0.05) is 49.5 Å². The molecule has 0 saturated carbocycles. The summed E-state index contributed by atoms with van der Waals surface area (Å²) >= 11 is 0. The van der Waals surface area contributed by atoms with Crippen LogP contribution in [0.25, 0.3) is 0 Å². The van der Waals surface area contributed by atoms with Crippen LogP contribution in [-0.4, -0.2) is 61.2 Å². The highest BCUT2D eigenvalue weighted by atomic mass is 16.5. The molecule has 1 aliphatic rings. The summed E-state index contributed by atoms with van der Waals surface area (Å²) in [6, 6.07) is 22.8. The SMILES string of the molecule is Cc1cccc(N2CCN(C[C@H](O)COc3ccc(C(=O)c4ccccc4)cc3)CC2)c1C. The van der Waals surface area contributed by atoms with Crippen LogP contribution in [-0.2, 0) is 0 Å². The number of carbonyl (C=O) groups is 1. The highest BCUT2D eigenvalue weighted by molar-refractivity contribution is 6.08. The van der Waals surface area contributed by atoms with Gasteiger partial charge in [0.15, 0.2) is 5.78 Å². The third kappa shape index (κ3) is 5.81. The van der Waals surface area contributed by atoms with Crippen molar-refractivity contribution in [1.82, 2.24) is 4.90 Å². The van der Waals surface area contributed by atoms with Gasteiger partial charge in [0.05, 0.1) is 0 Å². The Kier molecular flexibility index (Phi) is 7.43. The number of ketones is 1. The Bertz CT molecular complexity index is 1060. The summed E-state index contributed by atoms with van der Waals surface area (Å²) in [6.07, 6.45) is -0.567. The number of aliphatic hydroxyl groups is 1. The Balaban J connectivity index is 1.22. The molecule has 0 spiro atoms. The fourth-order valence-corrected chi connectivity index (χ4v) is 4.25. The minimum atomic E-state index is -0.567. The lowest BCUT2D eigenvalue weighted by atomic mass is 10.0. The van der Waals surface area contributed by atoms with Gasteiger partial charge in [0.25, 0.3) is 0 Å². The van der Waals surface area contributed by atoms with E-state index in [4.69, 9.17) is 4.74 Å². The molecule has 1 fully saturated rings. The summed E-state index contributed by atoms with van der Waals surface area (Å²) in [5.41, 5.74) is 5.26. The van der Waals surface area contributed by atoms with E-state index in [1.807, 2.05) is 30.3 Å². The molecule has 3 aromatic rings. The van der Waals surface area contributed by atoms with Crippen molar-refractivity contribution in [2.45, 2.75) is 20.0 Å². The van der Waals surface area contributed by atoms with E-state index >= 15 is 0 Å². The van der Waals surface area contributed by atoms with Crippen LogP contribution in [0.3, 0.4) is 0 Å². The minimum absolute atomic E-state index is 0.0119. The number of aliphatic hydroxyl groups excluding tert-OH is 1. The predicted molar refractivity (Wildman–Crippen MR) is 132 cm³/mol. The van der Waals surface area contributed by atoms with E-state index in [1.165, 1.54) is 16.8 Å². The topological polar surface area (TPSA) is 53.0 Å². The zero-order valence-electron chi connectivity index (χ0n) is 19.4. The van der Waals surface area contributed by atoms with Gasteiger partial charge >= 0.3 is 0 Å². The van der Waals surface area contributed by atoms with Crippen LogP contribution >= 0.6 is 0 Å². The van der Waals surface area contributed by atoms with Gasteiger partial charge in [-0.05, 0) is 55.3 Å². The van der Waals surface area contributed by atoms with Crippen molar-refractivity contribution < 1.29 is 14.6 Å². The lowest BCUT2D eigenvalue weighted by molar-refractivity contribution is 0.0663. The molecule has 5 heteroatoms. The second-order valence-electron chi connectivity index (χ2n) is 8.69. The number of anilines is 1. The average molecular weight is 445 g/mol. The molecule has 1 aliphatic heterocycles. The number of carbonyl (C=O) groups excluding carboxylic acids is 1. The van der Waals surface area contributed by atoms with E-state index in [0.717, 1.165) is 26.2 Å². The summed E-state index contributed by atoms with van der Waals surface area (Å²) in [4.78, 5) is 17.2. The Morgan fingerprint density at radius 1 is 0.879 bits per heavy atom. The van der Waals surface area contributed by atoms with Crippen LogP contribution in [0.15, 0.2) is 72.8 Å². The van der Waals surface area contributed by atoms with Crippen LogP contribution in [0.1, 0.15) is 27.0 Å². The van der Waals surface area contributed by atoms with E-state index in [-0.39, 0.29) is 12.4 Å². The molecule has 0 aromatic heterocycles. The molecule has 1 saturated heterocycles. The van der Waals surface area contributed by atoms with Gasteiger partial charge in [0.1, 0.15) is 18.5 Å². The maximum atomic E-state index is 12.5. The molecule has 0 unspecified atom stereocenters. The number of β-amino-alcohol motifs (C(OH)–C–C–N with tert-alkyl or cyclic N) is 1. The Morgan fingerprint density at radius 3 is 2.24 bits per heavy atom. The largest absolute Gasteiger partial charge is 0.491 e. The van der Waals surface area contributed by atoms with Crippen molar-refractivity contribution in [3.63, 3.8) is 0 Å². The lowest BCUT2D eigenvalue weighted by Crippen LogP contribution is -2.49. The smallest absolute Gasteiger partial charge is 0.193 e. The highest BCUT2D eigenvalue weighted by Crippen LogP contribution is 2.24. The van der Waals surface area contributed by atoms with Crippen LogP contribution in [0.2, 0.25) is 0 Å². The number of aryl methyl sites for hydroxylation is 1. The number of ether oxygens (including phenoxy) is 1. The summed E-state index contributed by atoms with van der Waals surface area (Å²) in [5.74, 6) is 0.639. The third-order valence-corrected chi connectivity index (χ3v) is 6.35. The van der Waals surface area contributed by atoms with Gasteiger partial charge in [-0.15, -0.1) is 0 Å². The van der Waals surface area contributed by atoms with Crippen molar-refractivity contribution in [3.8, 4) is 5.75 Å².